The van der Waals surface area contributed by atoms with Gasteiger partial charge in [0.15, 0.2) is 0 Å². The van der Waals surface area contributed by atoms with Crippen LogP contribution in [0.4, 0.5) is 0 Å². The van der Waals surface area contributed by atoms with E-state index in [1.54, 1.807) is 0 Å². The van der Waals surface area contributed by atoms with E-state index in [4.69, 9.17) is 0 Å². The van der Waals surface area contributed by atoms with Crippen molar-refractivity contribution in [2.75, 3.05) is 13.1 Å². The zero-order valence-corrected chi connectivity index (χ0v) is 15.0. The monoisotopic (exact) mass is 339 g/mol. The van der Waals surface area contributed by atoms with Gasteiger partial charge in [0.2, 0.25) is 5.12 Å². The maximum absolute atomic E-state index is 12.8. The SMILES string of the molecule is CC(C(SC(=O)c1ccccc1)c1ccccc1)N1CCCCC1. The highest BCUT2D eigenvalue weighted by molar-refractivity contribution is 8.14. The third kappa shape index (κ3) is 4.28. The van der Waals surface area contributed by atoms with Gasteiger partial charge in [0.05, 0.1) is 5.25 Å². The third-order valence-electron chi connectivity index (χ3n) is 4.78. The Morgan fingerprint density at radius 1 is 0.917 bits per heavy atom. The molecule has 1 heterocycles. The summed E-state index contributed by atoms with van der Waals surface area (Å²) in [5.74, 6) is 0. The maximum Gasteiger partial charge on any atom is 0.220 e. The predicted molar refractivity (Wildman–Crippen MR) is 102 cm³/mol. The van der Waals surface area contributed by atoms with E-state index in [-0.39, 0.29) is 10.4 Å². The number of hydrogen-bond donors (Lipinski definition) is 0. The fourth-order valence-corrected chi connectivity index (χ4v) is 4.53. The van der Waals surface area contributed by atoms with Crippen LogP contribution < -0.4 is 0 Å². The lowest BCUT2D eigenvalue weighted by Gasteiger charge is -2.36. The van der Waals surface area contributed by atoms with Crippen LogP contribution >= 0.6 is 11.8 Å². The van der Waals surface area contributed by atoms with Crippen LogP contribution in [0.5, 0.6) is 0 Å². The Morgan fingerprint density at radius 2 is 1.50 bits per heavy atom. The van der Waals surface area contributed by atoms with Crippen LogP contribution in [-0.4, -0.2) is 29.1 Å². The molecule has 1 aliphatic heterocycles. The normalized spacial score (nSPS) is 18.0. The molecular weight excluding hydrogens is 314 g/mol. The maximum atomic E-state index is 12.8. The summed E-state index contributed by atoms with van der Waals surface area (Å²) in [7, 11) is 0. The highest BCUT2D eigenvalue weighted by Crippen LogP contribution is 2.37. The minimum Gasteiger partial charge on any atom is -0.299 e. The van der Waals surface area contributed by atoms with Crippen LogP contribution in [0, 0.1) is 0 Å². The lowest BCUT2D eigenvalue weighted by atomic mass is 10.0. The molecule has 0 N–H and O–H groups in total. The molecule has 3 rings (SSSR count). The quantitative estimate of drug-likeness (QED) is 0.749. The standard InChI is InChI=1S/C21H25NOS/c1-17(22-15-9-4-10-16-22)20(18-11-5-2-6-12-18)24-21(23)19-13-7-3-8-14-19/h2-3,5-8,11-14,17,20H,4,9-10,15-16H2,1H3. The molecule has 2 atom stereocenters. The Labute approximate surface area is 149 Å². The summed E-state index contributed by atoms with van der Waals surface area (Å²) in [5, 5.41) is 0.324. The van der Waals surface area contributed by atoms with E-state index in [1.165, 1.54) is 36.6 Å². The van der Waals surface area contributed by atoms with Crippen LogP contribution in [0.2, 0.25) is 0 Å². The summed E-state index contributed by atoms with van der Waals surface area (Å²) in [6.07, 6.45) is 3.86. The number of benzene rings is 2. The average molecular weight is 340 g/mol. The Kier molecular flexibility index (Phi) is 6.11. The number of thioether (sulfide) groups is 1. The third-order valence-corrected chi connectivity index (χ3v) is 6.15. The lowest BCUT2D eigenvalue weighted by molar-refractivity contribution is 0.108. The predicted octanol–water partition coefficient (Wildman–Crippen LogP) is 5.18. The van der Waals surface area contributed by atoms with Gasteiger partial charge in [-0.05, 0) is 38.4 Å². The fraction of sp³-hybridized carbons (Fsp3) is 0.381. The largest absolute Gasteiger partial charge is 0.299 e. The van der Waals surface area contributed by atoms with E-state index in [1.807, 2.05) is 36.4 Å². The van der Waals surface area contributed by atoms with Gasteiger partial charge in [-0.2, -0.15) is 0 Å². The molecule has 0 aromatic heterocycles. The van der Waals surface area contributed by atoms with Crippen molar-refractivity contribution in [1.29, 1.82) is 0 Å². The smallest absolute Gasteiger partial charge is 0.220 e. The molecule has 0 aliphatic carbocycles. The second-order valence-electron chi connectivity index (χ2n) is 6.44. The molecule has 1 fully saturated rings. The number of piperidine rings is 1. The summed E-state index contributed by atoms with van der Waals surface area (Å²) >= 11 is 1.47. The van der Waals surface area contributed by atoms with E-state index in [9.17, 15) is 4.79 Å². The molecule has 126 valence electrons. The van der Waals surface area contributed by atoms with Crippen molar-refractivity contribution in [3.63, 3.8) is 0 Å². The van der Waals surface area contributed by atoms with Gasteiger partial charge in [-0.25, -0.2) is 0 Å². The molecule has 3 heteroatoms. The molecule has 24 heavy (non-hydrogen) atoms. The fourth-order valence-electron chi connectivity index (χ4n) is 3.36. The molecule has 2 nitrogen and oxygen atoms in total. The number of nitrogens with zero attached hydrogens (tertiary/aromatic N) is 1. The van der Waals surface area contributed by atoms with Gasteiger partial charge in [0, 0.05) is 11.6 Å². The van der Waals surface area contributed by atoms with Crippen molar-refractivity contribution in [2.45, 2.75) is 37.5 Å². The topological polar surface area (TPSA) is 20.3 Å². The van der Waals surface area contributed by atoms with Crippen LogP contribution in [-0.2, 0) is 0 Å². The summed E-state index contributed by atoms with van der Waals surface area (Å²) in [5.41, 5.74) is 2.03. The summed E-state index contributed by atoms with van der Waals surface area (Å²) < 4.78 is 0. The molecule has 0 radical (unpaired) electrons. The summed E-state index contributed by atoms with van der Waals surface area (Å²) in [6, 6.07) is 20.4. The molecule has 2 aromatic carbocycles. The van der Waals surface area contributed by atoms with Crippen LogP contribution in [0.3, 0.4) is 0 Å². The Bertz CT molecular complexity index is 637. The zero-order chi connectivity index (χ0) is 16.8. The zero-order valence-electron chi connectivity index (χ0n) is 14.2. The first-order valence-electron chi connectivity index (χ1n) is 8.81. The number of carbonyl (C=O) groups is 1. The van der Waals surface area contributed by atoms with Gasteiger partial charge in [-0.15, -0.1) is 0 Å². The summed E-state index contributed by atoms with van der Waals surface area (Å²) in [4.78, 5) is 15.3. The molecule has 0 bridgehead atoms. The van der Waals surface area contributed by atoms with Gasteiger partial charge in [0.25, 0.3) is 0 Å². The molecule has 0 saturated carbocycles. The second-order valence-corrected chi connectivity index (χ2v) is 7.55. The van der Waals surface area contributed by atoms with Crippen LogP contribution in [0.15, 0.2) is 60.7 Å². The molecule has 2 aromatic rings. The van der Waals surface area contributed by atoms with Gasteiger partial charge in [-0.1, -0.05) is 78.8 Å². The molecule has 0 amide bonds. The summed E-state index contributed by atoms with van der Waals surface area (Å²) in [6.45, 7) is 4.56. The number of rotatable bonds is 5. The van der Waals surface area contributed by atoms with E-state index in [2.05, 4.69) is 36.1 Å². The highest BCUT2D eigenvalue weighted by Gasteiger charge is 2.28. The number of hydrogen-bond acceptors (Lipinski definition) is 3. The van der Waals surface area contributed by atoms with Crippen molar-refractivity contribution in [2.24, 2.45) is 0 Å². The first-order valence-corrected chi connectivity index (χ1v) is 9.68. The first kappa shape index (κ1) is 17.2. The first-order chi connectivity index (χ1) is 11.8. The average Bonchev–Trinajstić information content (AvgIpc) is 2.67. The van der Waals surface area contributed by atoms with E-state index in [0.717, 1.165) is 18.7 Å². The van der Waals surface area contributed by atoms with E-state index >= 15 is 0 Å². The number of likely N-dealkylation sites (tertiary alicyclic amines) is 1. The Hall–Kier alpha value is -1.58. The van der Waals surface area contributed by atoms with Crippen molar-refractivity contribution >= 4 is 16.9 Å². The van der Waals surface area contributed by atoms with Gasteiger partial charge in [0.1, 0.15) is 0 Å². The van der Waals surface area contributed by atoms with Gasteiger partial charge >= 0.3 is 0 Å². The highest BCUT2D eigenvalue weighted by atomic mass is 32.2. The van der Waals surface area contributed by atoms with E-state index in [0.29, 0.717) is 6.04 Å². The van der Waals surface area contributed by atoms with Crippen molar-refractivity contribution in [3.05, 3.63) is 71.8 Å². The van der Waals surface area contributed by atoms with Crippen molar-refractivity contribution in [1.82, 2.24) is 4.90 Å². The minimum absolute atomic E-state index is 0.160. The van der Waals surface area contributed by atoms with Gasteiger partial charge in [-0.3, -0.25) is 9.69 Å². The molecular formula is C21H25NOS. The minimum atomic E-state index is 0.160. The lowest BCUT2D eigenvalue weighted by Crippen LogP contribution is -2.40. The Balaban J connectivity index is 1.81. The van der Waals surface area contributed by atoms with Crippen molar-refractivity contribution in [3.8, 4) is 0 Å². The molecule has 0 spiro atoms. The van der Waals surface area contributed by atoms with Gasteiger partial charge < -0.3 is 0 Å². The molecule has 2 unspecified atom stereocenters. The van der Waals surface area contributed by atoms with E-state index < -0.39 is 0 Å². The molecule has 1 aliphatic rings. The molecule has 1 saturated heterocycles. The second kappa shape index (κ2) is 8.50. The van der Waals surface area contributed by atoms with Crippen molar-refractivity contribution < 1.29 is 4.79 Å². The Morgan fingerprint density at radius 3 is 2.12 bits per heavy atom. The number of carbonyl (C=O) groups excluding carboxylic acids is 1. The van der Waals surface area contributed by atoms with Crippen LogP contribution in [0.25, 0.3) is 0 Å². The van der Waals surface area contributed by atoms with Crippen LogP contribution in [0.1, 0.15) is 47.4 Å².